The van der Waals surface area contributed by atoms with Crippen molar-refractivity contribution in [3.8, 4) is 0 Å². The molecular formula is H6BCl3Fe. The minimum absolute atomic E-state index is 0. The van der Waals surface area contributed by atoms with Gasteiger partial charge in [-0.25, -0.2) is 0 Å². The van der Waals surface area contributed by atoms with Crippen molar-refractivity contribution >= 4 is 45.6 Å². The average molecular weight is 179 g/mol. The van der Waals surface area contributed by atoms with Crippen molar-refractivity contribution in [2.75, 3.05) is 0 Å². The molecule has 0 saturated carbocycles. The fourth-order valence-electron chi connectivity index (χ4n) is 0. The Morgan fingerprint density at radius 3 is 0.600 bits per heavy atom. The first-order valence-electron chi connectivity index (χ1n) is 0. The first kappa shape index (κ1) is 90.8. The second-order valence-corrected chi connectivity index (χ2v) is 0. The average Bonchev–Trinajstić information content (AvgIpc) is 0. The predicted molar refractivity (Wildman–Crippen MR) is 31.7 cm³/mol. The van der Waals surface area contributed by atoms with Gasteiger partial charge < -0.3 is 0 Å². The van der Waals surface area contributed by atoms with Gasteiger partial charge in [-0.3, -0.25) is 0 Å². The molecule has 0 aromatic heterocycles. The van der Waals surface area contributed by atoms with Gasteiger partial charge in [0.05, 0.1) is 8.41 Å². The normalized spacial score (nSPS) is 0. The molecule has 0 nitrogen and oxygen atoms in total. The third-order valence-corrected chi connectivity index (χ3v) is 0. The smallest absolute Gasteiger partial charge is 0.0814 e. The largest absolute Gasteiger partial charge is 0.147 e. The fourth-order valence-corrected chi connectivity index (χ4v) is 0. The molecule has 0 bridgehead atoms. The van der Waals surface area contributed by atoms with E-state index in [0.717, 1.165) is 0 Å². The van der Waals surface area contributed by atoms with E-state index >= 15 is 0 Å². The van der Waals surface area contributed by atoms with Crippen LogP contribution < -0.4 is 0 Å². The summed E-state index contributed by atoms with van der Waals surface area (Å²) in [5.41, 5.74) is 0. The Morgan fingerprint density at radius 1 is 0.600 bits per heavy atom. The third kappa shape index (κ3) is 30.8. The Balaban J connectivity index is 0. The second kappa shape index (κ2) is 51.2. The molecule has 38 valence electrons. The Kier molecular flexibility index (Phi) is 929. The molecule has 0 atom stereocenters. The summed E-state index contributed by atoms with van der Waals surface area (Å²) in [5.74, 6) is 0. The zero-order valence-corrected chi connectivity index (χ0v) is 5.13. The van der Waals surface area contributed by atoms with E-state index in [-0.39, 0.29) is 62.7 Å². The summed E-state index contributed by atoms with van der Waals surface area (Å²) in [6, 6.07) is 0. The number of halogens is 3. The molecule has 0 radical (unpaired) electrons. The second-order valence-electron chi connectivity index (χ2n) is 0. The molecule has 0 rings (SSSR count). The maximum atomic E-state index is 0. The molecule has 0 aromatic carbocycles. The molecule has 0 spiro atoms. The summed E-state index contributed by atoms with van der Waals surface area (Å²) in [7, 11) is 0. The summed E-state index contributed by atoms with van der Waals surface area (Å²) in [6.45, 7) is 0. The molecule has 0 N–H and O–H groups in total. The van der Waals surface area contributed by atoms with Crippen LogP contribution >= 0.6 is 37.2 Å². The minimum Gasteiger partial charge on any atom is -0.147 e. The van der Waals surface area contributed by atoms with Crippen LogP contribution in [0.25, 0.3) is 0 Å². The summed E-state index contributed by atoms with van der Waals surface area (Å²) in [5, 5.41) is 0. The van der Waals surface area contributed by atoms with E-state index in [1.165, 1.54) is 0 Å². The molecule has 0 aliphatic carbocycles. The molecular weight excluding hydrogens is 173 g/mol. The quantitative estimate of drug-likeness (QED) is 0.462. The third-order valence-electron chi connectivity index (χ3n) is 0. The summed E-state index contributed by atoms with van der Waals surface area (Å²) < 4.78 is 0. The van der Waals surface area contributed by atoms with E-state index in [2.05, 4.69) is 0 Å². The van der Waals surface area contributed by atoms with Crippen LogP contribution in [0.15, 0.2) is 0 Å². The molecule has 5 heavy (non-hydrogen) atoms. The van der Waals surface area contributed by atoms with Gasteiger partial charge in [0.15, 0.2) is 0 Å². The number of hydrogen-bond acceptors (Lipinski definition) is 0. The van der Waals surface area contributed by atoms with Crippen molar-refractivity contribution in [2.24, 2.45) is 0 Å². The van der Waals surface area contributed by atoms with E-state index in [1.807, 2.05) is 0 Å². The van der Waals surface area contributed by atoms with Crippen LogP contribution in [-0.4, -0.2) is 8.41 Å². The Bertz CT molecular complexity index is 6.85. The zero-order valence-electron chi connectivity index (χ0n) is 1.58. The topological polar surface area (TPSA) is 0 Å². The van der Waals surface area contributed by atoms with Crippen molar-refractivity contribution in [2.45, 2.75) is 0 Å². The van der Waals surface area contributed by atoms with Crippen molar-refractivity contribution in [1.82, 2.24) is 0 Å². The molecule has 5 heteroatoms. The molecule has 0 aliphatic heterocycles. The molecule has 0 aromatic rings. The van der Waals surface area contributed by atoms with Crippen molar-refractivity contribution < 1.29 is 17.1 Å². The van der Waals surface area contributed by atoms with E-state index in [9.17, 15) is 0 Å². The van der Waals surface area contributed by atoms with Crippen molar-refractivity contribution in [1.29, 1.82) is 0 Å². The van der Waals surface area contributed by atoms with Crippen LogP contribution in [0.3, 0.4) is 0 Å². The predicted octanol–water partition coefficient (Wildman–Crippen LogP) is 0.0790. The molecule has 0 fully saturated rings. The summed E-state index contributed by atoms with van der Waals surface area (Å²) >= 11 is 0. The standard InChI is InChI=1S/BH3.3ClH.Fe/h1H3;3*1H;. The van der Waals surface area contributed by atoms with Gasteiger partial charge in [-0.05, 0) is 0 Å². The Labute approximate surface area is 62.7 Å². The minimum atomic E-state index is 0. The number of rotatable bonds is 0. The molecule has 0 aliphatic rings. The summed E-state index contributed by atoms with van der Waals surface area (Å²) in [4.78, 5) is 0. The molecule has 0 unspecified atom stereocenters. The van der Waals surface area contributed by atoms with Gasteiger partial charge in [0, 0.05) is 17.1 Å². The van der Waals surface area contributed by atoms with E-state index in [4.69, 9.17) is 0 Å². The van der Waals surface area contributed by atoms with Crippen molar-refractivity contribution in [3.05, 3.63) is 0 Å². The zero-order chi connectivity index (χ0) is 0. The first-order chi connectivity index (χ1) is 0. The van der Waals surface area contributed by atoms with Gasteiger partial charge in [-0.1, -0.05) is 0 Å². The van der Waals surface area contributed by atoms with Crippen LogP contribution in [0.1, 0.15) is 0 Å². The summed E-state index contributed by atoms with van der Waals surface area (Å²) in [6.07, 6.45) is 0. The van der Waals surface area contributed by atoms with Crippen LogP contribution in [0.5, 0.6) is 0 Å². The van der Waals surface area contributed by atoms with Crippen LogP contribution in [0.2, 0.25) is 0 Å². The van der Waals surface area contributed by atoms with Crippen molar-refractivity contribution in [3.63, 3.8) is 0 Å². The first-order valence-corrected chi connectivity index (χ1v) is 0. The Morgan fingerprint density at radius 2 is 0.600 bits per heavy atom. The molecule has 0 saturated heterocycles. The van der Waals surface area contributed by atoms with Gasteiger partial charge in [-0.2, -0.15) is 0 Å². The van der Waals surface area contributed by atoms with E-state index < -0.39 is 0 Å². The van der Waals surface area contributed by atoms with Gasteiger partial charge in [-0.15, -0.1) is 37.2 Å². The van der Waals surface area contributed by atoms with Gasteiger partial charge in [0.1, 0.15) is 0 Å². The van der Waals surface area contributed by atoms with Crippen LogP contribution in [0, 0.1) is 0 Å². The van der Waals surface area contributed by atoms with Crippen LogP contribution in [-0.2, 0) is 17.1 Å². The maximum Gasteiger partial charge on any atom is 0.0814 e. The van der Waals surface area contributed by atoms with Gasteiger partial charge >= 0.3 is 0 Å². The van der Waals surface area contributed by atoms with Crippen LogP contribution in [0.4, 0.5) is 0 Å². The SMILES string of the molecule is B.Cl.Cl.Cl.[Fe]. The Hall–Kier alpha value is 1.45. The van der Waals surface area contributed by atoms with E-state index in [0.29, 0.717) is 0 Å². The molecule has 0 heterocycles. The maximum absolute atomic E-state index is 0. The number of hydrogen-bond donors (Lipinski definition) is 0. The van der Waals surface area contributed by atoms with E-state index in [1.54, 1.807) is 0 Å². The van der Waals surface area contributed by atoms with Gasteiger partial charge in [0.25, 0.3) is 0 Å². The fraction of sp³-hybridized carbons (Fsp3) is 0. The monoisotopic (exact) mass is 178 g/mol. The molecule has 0 amide bonds. The van der Waals surface area contributed by atoms with Gasteiger partial charge in [0.2, 0.25) is 0 Å².